The number of rotatable bonds is 10. The number of carbonyl (C=O) groups excluding carboxylic acids is 1. The van der Waals surface area contributed by atoms with Gasteiger partial charge in [0.25, 0.3) is 0 Å². The first-order chi connectivity index (χ1) is 12.5. The summed E-state index contributed by atoms with van der Waals surface area (Å²) in [4.78, 5) is 12.3. The third-order valence-corrected chi connectivity index (χ3v) is 3.78. The minimum absolute atomic E-state index is 0. The van der Waals surface area contributed by atoms with Crippen LogP contribution in [0.4, 0.5) is 5.69 Å². The van der Waals surface area contributed by atoms with Gasteiger partial charge in [-0.1, -0.05) is 42.5 Å². The van der Waals surface area contributed by atoms with Gasteiger partial charge in [-0.3, -0.25) is 4.79 Å². The molecule has 0 bridgehead atoms. The van der Waals surface area contributed by atoms with Gasteiger partial charge in [0.15, 0.2) is 0 Å². The molecule has 3 N–H and O–H groups in total. The van der Waals surface area contributed by atoms with Crippen molar-refractivity contribution < 1.29 is 14.3 Å². The van der Waals surface area contributed by atoms with Crippen molar-refractivity contribution in [2.45, 2.75) is 39.0 Å². The lowest BCUT2D eigenvalue weighted by molar-refractivity contribution is -0.117. The van der Waals surface area contributed by atoms with Gasteiger partial charge in [0, 0.05) is 5.69 Å². The monoisotopic (exact) mass is 392 g/mol. The number of hydrogen-bond acceptors (Lipinski definition) is 4. The Balaban J connectivity index is 0.00000364. The zero-order chi connectivity index (χ0) is 18.8. The Morgan fingerprint density at radius 2 is 1.74 bits per heavy atom. The van der Waals surface area contributed by atoms with Crippen molar-refractivity contribution in [3.05, 3.63) is 65.7 Å². The van der Waals surface area contributed by atoms with E-state index < -0.39 is 6.04 Å². The Kier molecular flexibility index (Phi) is 10.7. The van der Waals surface area contributed by atoms with Crippen LogP contribution in [0.5, 0.6) is 0 Å². The van der Waals surface area contributed by atoms with Crippen LogP contribution < -0.4 is 11.1 Å². The summed E-state index contributed by atoms with van der Waals surface area (Å²) >= 11 is 0. The van der Waals surface area contributed by atoms with Crippen LogP contribution >= 0.6 is 12.4 Å². The number of anilines is 1. The molecule has 0 unspecified atom stereocenters. The predicted octanol–water partition coefficient (Wildman–Crippen LogP) is 3.56. The standard InChI is InChI=1S/C21H28N2O3.ClH/c1-16(2)26-12-11-25-15-18-9-6-10-19(13-18)23-21(24)20(22)14-17-7-4-3-5-8-17;/h3-10,13,16,20H,11-12,14-15,22H2,1-2H3,(H,23,24);1H/t20-;/m0./s1. The van der Waals surface area contributed by atoms with E-state index in [0.29, 0.717) is 26.2 Å². The van der Waals surface area contributed by atoms with Crippen LogP contribution in [0.1, 0.15) is 25.0 Å². The highest BCUT2D eigenvalue weighted by Gasteiger charge is 2.14. The molecule has 0 saturated heterocycles. The SMILES string of the molecule is CC(C)OCCOCc1cccc(NC(=O)[C@@H](N)Cc2ccccc2)c1.Cl. The molecular formula is C21H29ClN2O3. The van der Waals surface area contributed by atoms with Gasteiger partial charge in [-0.2, -0.15) is 0 Å². The number of carbonyl (C=O) groups is 1. The largest absolute Gasteiger partial charge is 0.376 e. The molecule has 27 heavy (non-hydrogen) atoms. The molecule has 2 rings (SSSR count). The first-order valence-electron chi connectivity index (χ1n) is 8.93. The minimum atomic E-state index is -0.592. The zero-order valence-corrected chi connectivity index (χ0v) is 16.7. The fourth-order valence-electron chi connectivity index (χ4n) is 2.47. The van der Waals surface area contributed by atoms with Crippen LogP contribution in [0.15, 0.2) is 54.6 Å². The van der Waals surface area contributed by atoms with E-state index in [-0.39, 0.29) is 24.4 Å². The molecule has 1 amide bonds. The second-order valence-corrected chi connectivity index (χ2v) is 6.46. The van der Waals surface area contributed by atoms with Crippen LogP contribution in [-0.2, 0) is 27.3 Å². The highest BCUT2D eigenvalue weighted by atomic mass is 35.5. The molecule has 0 aromatic heterocycles. The first-order valence-corrected chi connectivity index (χ1v) is 8.93. The summed E-state index contributed by atoms with van der Waals surface area (Å²) in [7, 11) is 0. The molecule has 5 nitrogen and oxygen atoms in total. The predicted molar refractivity (Wildman–Crippen MR) is 111 cm³/mol. The van der Waals surface area contributed by atoms with E-state index >= 15 is 0 Å². The number of nitrogens with two attached hydrogens (primary N) is 1. The minimum Gasteiger partial charge on any atom is -0.376 e. The highest BCUT2D eigenvalue weighted by Crippen LogP contribution is 2.12. The van der Waals surface area contributed by atoms with E-state index in [1.807, 2.05) is 68.4 Å². The average Bonchev–Trinajstić information content (AvgIpc) is 2.62. The topological polar surface area (TPSA) is 73.6 Å². The van der Waals surface area contributed by atoms with Crippen LogP contribution in [0.2, 0.25) is 0 Å². The van der Waals surface area contributed by atoms with Gasteiger partial charge >= 0.3 is 0 Å². The van der Waals surface area contributed by atoms with Gasteiger partial charge in [0.1, 0.15) is 0 Å². The quantitative estimate of drug-likeness (QED) is 0.606. The van der Waals surface area contributed by atoms with Crippen molar-refractivity contribution in [1.82, 2.24) is 0 Å². The van der Waals surface area contributed by atoms with E-state index in [9.17, 15) is 4.79 Å². The number of halogens is 1. The lowest BCUT2D eigenvalue weighted by atomic mass is 10.1. The van der Waals surface area contributed by atoms with Crippen molar-refractivity contribution in [3.8, 4) is 0 Å². The van der Waals surface area contributed by atoms with E-state index in [2.05, 4.69) is 5.32 Å². The van der Waals surface area contributed by atoms with Crippen molar-refractivity contribution in [1.29, 1.82) is 0 Å². The molecule has 0 saturated carbocycles. The smallest absolute Gasteiger partial charge is 0.241 e. The van der Waals surface area contributed by atoms with Gasteiger partial charge in [-0.25, -0.2) is 0 Å². The second-order valence-electron chi connectivity index (χ2n) is 6.46. The number of ether oxygens (including phenoxy) is 2. The van der Waals surface area contributed by atoms with E-state index in [4.69, 9.17) is 15.2 Å². The molecule has 1 atom stereocenters. The first kappa shape index (κ1) is 23.1. The third-order valence-electron chi connectivity index (χ3n) is 3.78. The van der Waals surface area contributed by atoms with Crippen LogP contribution in [0.25, 0.3) is 0 Å². The third kappa shape index (κ3) is 9.02. The maximum Gasteiger partial charge on any atom is 0.241 e. The maximum atomic E-state index is 12.3. The molecule has 0 aliphatic heterocycles. The van der Waals surface area contributed by atoms with E-state index in [1.54, 1.807) is 0 Å². The van der Waals surface area contributed by atoms with Crippen molar-refractivity contribution >= 4 is 24.0 Å². The van der Waals surface area contributed by atoms with Gasteiger partial charge in [0.2, 0.25) is 5.91 Å². The number of amides is 1. The summed E-state index contributed by atoms with van der Waals surface area (Å²) in [6, 6.07) is 16.8. The molecule has 0 fully saturated rings. The van der Waals surface area contributed by atoms with Crippen LogP contribution in [0, 0.1) is 0 Å². The molecule has 0 radical (unpaired) electrons. The van der Waals surface area contributed by atoms with Gasteiger partial charge < -0.3 is 20.5 Å². The summed E-state index contributed by atoms with van der Waals surface area (Å²) < 4.78 is 11.0. The summed E-state index contributed by atoms with van der Waals surface area (Å²) in [5.41, 5.74) is 8.78. The van der Waals surface area contributed by atoms with Crippen LogP contribution in [-0.4, -0.2) is 31.3 Å². The van der Waals surface area contributed by atoms with Crippen LogP contribution in [0.3, 0.4) is 0 Å². The molecule has 148 valence electrons. The average molecular weight is 393 g/mol. The summed E-state index contributed by atoms with van der Waals surface area (Å²) in [6.07, 6.45) is 0.711. The molecule has 0 aliphatic carbocycles. The summed E-state index contributed by atoms with van der Waals surface area (Å²) in [5, 5.41) is 2.87. The summed E-state index contributed by atoms with van der Waals surface area (Å²) in [6.45, 7) is 5.57. The fraction of sp³-hybridized carbons (Fsp3) is 0.381. The second kappa shape index (κ2) is 12.5. The highest BCUT2D eigenvalue weighted by molar-refractivity contribution is 5.94. The van der Waals surface area contributed by atoms with Crippen molar-refractivity contribution in [2.75, 3.05) is 18.5 Å². The molecular weight excluding hydrogens is 364 g/mol. The Bertz CT molecular complexity index is 680. The van der Waals surface area contributed by atoms with Gasteiger partial charge in [-0.05, 0) is 43.5 Å². The molecule has 0 spiro atoms. The van der Waals surface area contributed by atoms with E-state index in [1.165, 1.54) is 0 Å². The maximum absolute atomic E-state index is 12.3. The molecule has 6 heteroatoms. The molecule has 0 heterocycles. The van der Waals surface area contributed by atoms with Crippen molar-refractivity contribution in [3.63, 3.8) is 0 Å². The summed E-state index contributed by atoms with van der Waals surface area (Å²) in [5.74, 6) is -0.197. The Morgan fingerprint density at radius 1 is 1.04 bits per heavy atom. The van der Waals surface area contributed by atoms with E-state index in [0.717, 1.165) is 16.8 Å². The molecule has 2 aromatic rings. The van der Waals surface area contributed by atoms with Gasteiger partial charge in [-0.15, -0.1) is 12.4 Å². The Labute approximate surface area is 167 Å². The number of benzene rings is 2. The fourth-order valence-corrected chi connectivity index (χ4v) is 2.47. The normalized spacial score (nSPS) is 11.7. The molecule has 0 aliphatic rings. The van der Waals surface area contributed by atoms with Crippen molar-refractivity contribution in [2.24, 2.45) is 5.73 Å². The number of hydrogen-bond donors (Lipinski definition) is 2. The zero-order valence-electron chi connectivity index (χ0n) is 15.9. The lowest BCUT2D eigenvalue weighted by Gasteiger charge is -2.13. The number of nitrogens with one attached hydrogen (secondary N) is 1. The lowest BCUT2D eigenvalue weighted by Crippen LogP contribution is -2.37. The molecule has 2 aromatic carbocycles. The van der Waals surface area contributed by atoms with Gasteiger partial charge in [0.05, 0.1) is 32.0 Å². The Hall–Kier alpha value is -1.92. The Morgan fingerprint density at radius 3 is 2.44 bits per heavy atom.